The van der Waals surface area contributed by atoms with E-state index in [2.05, 4.69) is 28.6 Å². The fourth-order valence-electron chi connectivity index (χ4n) is 4.29. The zero-order valence-corrected chi connectivity index (χ0v) is 25.5. The molecule has 10 nitrogen and oxygen atoms in total. The number of hydrogen-bond acceptors (Lipinski definition) is 9. The lowest BCUT2D eigenvalue weighted by atomic mass is 9.91. The maximum Gasteiger partial charge on any atom is 0.326 e. The van der Waals surface area contributed by atoms with Crippen molar-refractivity contribution in [1.29, 1.82) is 0 Å². The van der Waals surface area contributed by atoms with Crippen molar-refractivity contribution >= 4 is 59.8 Å². The average Bonchev–Trinajstić information content (AvgIpc) is 2.89. The Balaban J connectivity index is 2.41. The van der Waals surface area contributed by atoms with Gasteiger partial charge in [-0.15, -0.1) is 11.8 Å². The minimum Gasteiger partial charge on any atom is -0.480 e. The Morgan fingerprint density at radius 2 is 1.90 bits per heavy atom. The van der Waals surface area contributed by atoms with Crippen LogP contribution >= 0.6 is 36.2 Å². The molecule has 0 aromatic heterocycles. The van der Waals surface area contributed by atoms with Gasteiger partial charge in [-0.2, -0.15) is 24.4 Å². The van der Waals surface area contributed by atoms with Gasteiger partial charge in [0, 0.05) is 43.0 Å². The van der Waals surface area contributed by atoms with E-state index in [0.29, 0.717) is 23.9 Å². The van der Waals surface area contributed by atoms with Crippen LogP contribution in [0.1, 0.15) is 38.3 Å². The van der Waals surface area contributed by atoms with Gasteiger partial charge in [0.1, 0.15) is 18.1 Å². The molecule has 0 unspecified atom stereocenters. The average molecular weight is 600 g/mol. The molecule has 13 heteroatoms. The number of fused-ring (bicyclic) bond motifs is 1. The molecule has 39 heavy (non-hydrogen) atoms. The summed E-state index contributed by atoms with van der Waals surface area (Å²) in [6.45, 7) is 5.76. The maximum atomic E-state index is 14.3. The van der Waals surface area contributed by atoms with Crippen LogP contribution in [-0.4, -0.2) is 92.8 Å². The molecule has 1 aromatic carbocycles. The molecule has 1 heterocycles. The molecular weight excluding hydrogens is 559 g/mol. The summed E-state index contributed by atoms with van der Waals surface area (Å²) in [4.78, 5) is 52.6. The number of nitrogens with zero attached hydrogens (tertiary/aromatic N) is 1. The van der Waals surface area contributed by atoms with Crippen molar-refractivity contribution in [2.24, 2.45) is 5.73 Å². The van der Waals surface area contributed by atoms with Crippen LogP contribution < -0.4 is 21.7 Å². The molecule has 3 amide bonds. The van der Waals surface area contributed by atoms with Gasteiger partial charge in [0.2, 0.25) is 17.7 Å². The SMILES string of the molecule is CSCC[C@H](NC(=O)[C@@H]1Cc2ccccc2CN1C(=O)[C@@H](NC[C@@H](N)CS)C(C)(C)SCNC(C)=O)C(=O)O. The predicted molar refractivity (Wildman–Crippen MR) is 161 cm³/mol. The van der Waals surface area contributed by atoms with E-state index >= 15 is 0 Å². The normalized spacial score (nSPS) is 17.5. The number of hydrogen-bond donors (Lipinski definition) is 6. The summed E-state index contributed by atoms with van der Waals surface area (Å²) in [5, 5.41) is 18.4. The van der Waals surface area contributed by atoms with E-state index in [1.165, 1.54) is 35.3 Å². The second-order valence-corrected chi connectivity index (χ2v) is 13.0. The van der Waals surface area contributed by atoms with Crippen molar-refractivity contribution < 1.29 is 24.3 Å². The monoisotopic (exact) mass is 599 g/mol. The molecule has 2 rings (SSSR count). The van der Waals surface area contributed by atoms with Gasteiger partial charge in [-0.3, -0.25) is 14.4 Å². The Labute approximate surface area is 244 Å². The van der Waals surface area contributed by atoms with Crippen LogP contribution in [0, 0.1) is 0 Å². The number of amides is 3. The molecule has 0 fully saturated rings. The number of carboxylic acid groups (broad SMARTS) is 1. The predicted octanol–water partition coefficient (Wildman–Crippen LogP) is 1.08. The highest BCUT2D eigenvalue weighted by Gasteiger charge is 2.43. The van der Waals surface area contributed by atoms with Crippen LogP contribution in [-0.2, 0) is 32.1 Å². The summed E-state index contributed by atoms with van der Waals surface area (Å²) in [5.74, 6) is -0.790. The van der Waals surface area contributed by atoms with E-state index in [4.69, 9.17) is 5.73 Å². The highest BCUT2D eigenvalue weighted by Crippen LogP contribution is 2.32. The third kappa shape index (κ3) is 9.89. The number of rotatable bonds is 15. The Hall–Kier alpha value is -1.93. The van der Waals surface area contributed by atoms with Crippen LogP contribution in [0.5, 0.6) is 0 Å². The Kier molecular flexibility index (Phi) is 13.4. The lowest BCUT2D eigenvalue weighted by Crippen LogP contribution is -2.63. The molecule has 0 saturated carbocycles. The molecule has 1 aliphatic heterocycles. The number of thioether (sulfide) groups is 2. The fourth-order valence-corrected chi connectivity index (χ4v) is 5.89. The Morgan fingerprint density at radius 1 is 1.23 bits per heavy atom. The summed E-state index contributed by atoms with van der Waals surface area (Å²) >= 11 is 7.15. The van der Waals surface area contributed by atoms with E-state index in [9.17, 15) is 24.3 Å². The molecule has 1 aliphatic rings. The van der Waals surface area contributed by atoms with Gasteiger partial charge >= 0.3 is 5.97 Å². The van der Waals surface area contributed by atoms with Crippen molar-refractivity contribution in [1.82, 2.24) is 20.9 Å². The summed E-state index contributed by atoms with van der Waals surface area (Å²) < 4.78 is -0.699. The molecular formula is C26H41N5O5S3. The molecule has 0 spiro atoms. The highest BCUT2D eigenvalue weighted by molar-refractivity contribution is 8.00. The summed E-state index contributed by atoms with van der Waals surface area (Å²) in [7, 11) is 0. The van der Waals surface area contributed by atoms with E-state index in [0.717, 1.165) is 11.1 Å². The Bertz CT molecular complexity index is 1010. The smallest absolute Gasteiger partial charge is 0.326 e. The number of carbonyl (C=O) groups is 4. The number of thiol groups is 1. The molecule has 6 N–H and O–H groups in total. The number of nitrogens with two attached hydrogens (primary N) is 1. The first-order valence-electron chi connectivity index (χ1n) is 12.8. The molecule has 0 bridgehead atoms. The Morgan fingerprint density at radius 3 is 2.49 bits per heavy atom. The van der Waals surface area contributed by atoms with Crippen molar-refractivity contribution in [2.45, 2.75) is 69.1 Å². The topological polar surface area (TPSA) is 154 Å². The van der Waals surface area contributed by atoms with Crippen molar-refractivity contribution in [2.75, 3.05) is 30.2 Å². The van der Waals surface area contributed by atoms with Crippen LogP contribution in [0.2, 0.25) is 0 Å². The van der Waals surface area contributed by atoms with E-state index in [-0.39, 0.29) is 37.2 Å². The fraction of sp³-hybridized carbons (Fsp3) is 0.615. The summed E-state index contributed by atoms with van der Waals surface area (Å²) in [5.41, 5.74) is 7.97. The lowest BCUT2D eigenvalue weighted by Gasteiger charge is -2.42. The molecule has 218 valence electrons. The molecule has 4 atom stereocenters. The standard InChI is InChI=1S/C26H41N5O5S3/c1-16(32)29-15-39-26(2,3)22(28-12-19(27)14-37)24(34)31-13-18-8-6-5-7-17(18)11-21(31)23(33)30-20(25(35)36)9-10-38-4/h5-8,19-22,28,37H,9-15,27H2,1-4H3,(H,29,32)(H,30,33)(H,35,36)/t19-,20+,21+,22-/m1/s1. The number of carbonyl (C=O) groups excluding carboxylic acids is 3. The van der Waals surface area contributed by atoms with Gasteiger partial charge in [0.15, 0.2) is 0 Å². The van der Waals surface area contributed by atoms with E-state index < -0.39 is 34.7 Å². The number of aliphatic carboxylic acids is 1. The van der Waals surface area contributed by atoms with Crippen LogP contribution in [0.3, 0.4) is 0 Å². The summed E-state index contributed by atoms with van der Waals surface area (Å²) in [6, 6.07) is 4.64. The van der Waals surface area contributed by atoms with Gasteiger partial charge in [-0.25, -0.2) is 4.79 Å². The van der Waals surface area contributed by atoms with Gasteiger partial charge < -0.3 is 31.7 Å². The second-order valence-electron chi connectivity index (χ2n) is 10.0. The van der Waals surface area contributed by atoms with Crippen molar-refractivity contribution in [3.63, 3.8) is 0 Å². The molecule has 0 radical (unpaired) electrons. The van der Waals surface area contributed by atoms with Gasteiger partial charge in [-0.1, -0.05) is 24.3 Å². The number of benzene rings is 1. The first kappa shape index (κ1) is 33.3. The van der Waals surface area contributed by atoms with Gasteiger partial charge in [0.25, 0.3) is 0 Å². The zero-order valence-electron chi connectivity index (χ0n) is 22.9. The van der Waals surface area contributed by atoms with Crippen molar-refractivity contribution in [3.05, 3.63) is 35.4 Å². The third-order valence-corrected chi connectivity index (χ3v) is 8.97. The van der Waals surface area contributed by atoms with E-state index in [1.807, 2.05) is 44.4 Å². The third-order valence-electron chi connectivity index (χ3n) is 6.59. The van der Waals surface area contributed by atoms with Crippen molar-refractivity contribution in [3.8, 4) is 0 Å². The number of nitrogens with one attached hydrogen (secondary N) is 3. The quantitative estimate of drug-likeness (QED) is 0.128. The largest absolute Gasteiger partial charge is 0.480 e. The second kappa shape index (κ2) is 15.8. The van der Waals surface area contributed by atoms with Crippen LogP contribution in [0.4, 0.5) is 0 Å². The zero-order chi connectivity index (χ0) is 29.2. The molecule has 0 saturated heterocycles. The molecule has 0 aliphatic carbocycles. The van der Waals surface area contributed by atoms with E-state index in [1.54, 1.807) is 0 Å². The van der Waals surface area contributed by atoms with Gasteiger partial charge in [-0.05, 0) is 43.4 Å². The molecule has 1 aromatic rings. The first-order chi connectivity index (χ1) is 18.4. The minimum atomic E-state index is -1.11. The summed E-state index contributed by atoms with van der Waals surface area (Å²) in [6.07, 6.45) is 2.42. The van der Waals surface area contributed by atoms with Crippen LogP contribution in [0.25, 0.3) is 0 Å². The number of carboxylic acids is 1. The first-order valence-corrected chi connectivity index (χ1v) is 15.8. The van der Waals surface area contributed by atoms with Crippen LogP contribution in [0.15, 0.2) is 24.3 Å². The maximum absolute atomic E-state index is 14.3. The lowest BCUT2D eigenvalue weighted by molar-refractivity contribution is -0.146. The highest BCUT2D eigenvalue weighted by atomic mass is 32.2. The minimum absolute atomic E-state index is 0.176. The van der Waals surface area contributed by atoms with Gasteiger partial charge in [0.05, 0.1) is 5.88 Å².